The van der Waals surface area contributed by atoms with Gasteiger partial charge in [0.2, 0.25) is 0 Å². The van der Waals surface area contributed by atoms with Crippen LogP contribution in [0.4, 0.5) is 4.39 Å². The third-order valence-corrected chi connectivity index (χ3v) is 3.19. The second kappa shape index (κ2) is 4.93. The second-order valence-corrected chi connectivity index (χ2v) is 5.78. The first-order valence-electron chi connectivity index (χ1n) is 6.12. The molecule has 1 heterocycles. The van der Waals surface area contributed by atoms with E-state index >= 15 is 0 Å². The highest BCUT2D eigenvalue weighted by Gasteiger charge is 2.25. The Morgan fingerprint density at radius 2 is 1.95 bits per heavy atom. The fourth-order valence-corrected chi connectivity index (χ4v) is 2.28. The minimum atomic E-state index is -0.265. The van der Waals surface area contributed by atoms with Crippen molar-refractivity contribution in [3.63, 3.8) is 0 Å². The van der Waals surface area contributed by atoms with E-state index < -0.39 is 0 Å². The molecule has 0 amide bonds. The summed E-state index contributed by atoms with van der Waals surface area (Å²) in [4.78, 5) is 0. The third-order valence-electron chi connectivity index (χ3n) is 2.95. The summed E-state index contributed by atoms with van der Waals surface area (Å²) in [5.41, 5.74) is 0.784. The summed E-state index contributed by atoms with van der Waals surface area (Å²) in [6.07, 6.45) is 0. The van der Waals surface area contributed by atoms with Gasteiger partial charge in [0, 0.05) is 5.54 Å². The number of rotatable bonds is 2. The van der Waals surface area contributed by atoms with Crippen LogP contribution in [-0.2, 0) is 11.4 Å². The van der Waals surface area contributed by atoms with E-state index in [1.165, 1.54) is 0 Å². The average molecular weight is 282 g/mol. The van der Waals surface area contributed by atoms with Gasteiger partial charge in [-0.1, -0.05) is 12.1 Å². The Balaban J connectivity index is 2.70. The number of aromatic nitrogens is 3. The van der Waals surface area contributed by atoms with Gasteiger partial charge in [-0.25, -0.2) is 4.39 Å². The molecule has 19 heavy (non-hydrogen) atoms. The monoisotopic (exact) mass is 281 g/mol. The van der Waals surface area contributed by atoms with Crippen LogP contribution < -0.4 is 0 Å². The van der Waals surface area contributed by atoms with E-state index in [0.717, 1.165) is 0 Å². The highest BCUT2D eigenvalue weighted by atomic mass is 35.5. The van der Waals surface area contributed by atoms with Crippen LogP contribution in [0.1, 0.15) is 32.2 Å². The van der Waals surface area contributed by atoms with E-state index in [1.54, 1.807) is 19.1 Å². The SMILES string of the molecule is Cc1cccc(-c2nnc(CCl)n2C(C)(C)C)c1F. The van der Waals surface area contributed by atoms with Crippen LogP contribution in [0.15, 0.2) is 18.2 Å². The molecule has 2 aromatic rings. The first-order valence-corrected chi connectivity index (χ1v) is 6.66. The summed E-state index contributed by atoms with van der Waals surface area (Å²) in [5, 5.41) is 8.18. The molecule has 0 aliphatic rings. The minimum Gasteiger partial charge on any atom is -0.305 e. The van der Waals surface area contributed by atoms with Gasteiger partial charge in [0.1, 0.15) is 11.6 Å². The maximum atomic E-state index is 14.3. The van der Waals surface area contributed by atoms with Crippen molar-refractivity contribution in [2.45, 2.75) is 39.1 Å². The lowest BCUT2D eigenvalue weighted by atomic mass is 10.1. The fraction of sp³-hybridized carbons (Fsp3) is 0.429. The zero-order valence-electron chi connectivity index (χ0n) is 11.5. The van der Waals surface area contributed by atoms with Crippen molar-refractivity contribution in [1.82, 2.24) is 14.8 Å². The van der Waals surface area contributed by atoms with Crippen molar-refractivity contribution in [2.24, 2.45) is 0 Å². The van der Waals surface area contributed by atoms with E-state index in [2.05, 4.69) is 10.2 Å². The predicted octanol–water partition coefficient (Wildman–Crippen LogP) is 3.89. The molecule has 0 aliphatic heterocycles. The predicted molar refractivity (Wildman–Crippen MR) is 74.7 cm³/mol. The van der Waals surface area contributed by atoms with Crippen LogP contribution in [0.3, 0.4) is 0 Å². The zero-order chi connectivity index (χ0) is 14.2. The normalized spacial score (nSPS) is 11.9. The van der Waals surface area contributed by atoms with Gasteiger partial charge in [-0.2, -0.15) is 0 Å². The molecule has 0 saturated carbocycles. The van der Waals surface area contributed by atoms with Gasteiger partial charge in [0.05, 0.1) is 11.4 Å². The van der Waals surface area contributed by atoms with Gasteiger partial charge in [0.25, 0.3) is 0 Å². The van der Waals surface area contributed by atoms with Gasteiger partial charge in [-0.3, -0.25) is 0 Å². The summed E-state index contributed by atoms with van der Waals surface area (Å²) in [6, 6.07) is 5.27. The summed E-state index contributed by atoms with van der Waals surface area (Å²) in [6.45, 7) is 7.79. The molecular formula is C14H17ClFN3. The molecule has 0 aliphatic carbocycles. The molecular weight excluding hydrogens is 265 g/mol. The molecule has 0 unspecified atom stereocenters. The summed E-state index contributed by atoms with van der Waals surface area (Å²) in [5.74, 6) is 1.15. The fourth-order valence-electron chi connectivity index (χ4n) is 2.10. The molecule has 102 valence electrons. The van der Waals surface area contributed by atoms with Gasteiger partial charge in [-0.05, 0) is 39.3 Å². The van der Waals surface area contributed by atoms with E-state index in [0.29, 0.717) is 22.8 Å². The molecule has 5 heteroatoms. The van der Waals surface area contributed by atoms with Crippen molar-refractivity contribution in [2.75, 3.05) is 0 Å². The number of hydrogen-bond donors (Lipinski definition) is 0. The Bertz CT molecular complexity index is 599. The molecule has 1 aromatic carbocycles. The third kappa shape index (κ3) is 2.50. The van der Waals surface area contributed by atoms with Gasteiger partial charge < -0.3 is 4.57 Å². The number of hydrogen-bond acceptors (Lipinski definition) is 2. The van der Waals surface area contributed by atoms with Crippen molar-refractivity contribution >= 4 is 11.6 Å². The van der Waals surface area contributed by atoms with E-state index in [9.17, 15) is 4.39 Å². The van der Waals surface area contributed by atoms with E-state index in [-0.39, 0.29) is 17.2 Å². The standard InChI is InChI=1S/C14H17ClFN3/c1-9-6-5-7-10(12(9)16)13-18-17-11(8-15)19(13)14(2,3)4/h5-7H,8H2,1-4H3. The lowest BCUT2D eigenvalue weighted by molar-refractivity contribution is 0.389. The van der Waals surface area contributed by atoms with Crippen molar-refractivity contribution in [3.05, 3.63) is 35.4 Å². The average Bonchev–Trinajstić information content (AvgIpc) is 2.76. The van der Waals surface area contributed by atoms with E-state index in [4.69, 9.17) is 11.6 Å². The maximum absolute atomic E-state index is 14.3. The topological polar surface area (TPSA) is 30.7 Å². The summed E-state index contributed by atoms with van der Waals surface area (Å²) < 4.78 is 16.1. The molecule has 3 nitrogen and oxygen atoms in total. The Hall–Kier alpha value is -1.42. The van der Waals surface area contributed by atoms with Crippen LogP contribution in [0.5, 0.6) is 0 Å². The van der Waals surface area contributed by atoms with Crippen LogP contribution in [0.2, 0.25) is 0 Å². The van der Waals surface area contributed by atoms with Gasteiger partial charge in [0.15, 0.2) is 5.82 Å². The Kier molecular flexibility index (Phi) is 3.63. The lowest BCUT2D eigenvalue weighted by Crippen LogP contribution is -2.25. The van der Waals surface area contributed by atoms with Crippen LogP contribution in [0.25, 0.3) is 11.4 Å². The van der Waals surface area contributed by atoms with Crippen LogP contribution in [-0.4, -0.2) is 14.8 Å². The molecule has 1 aromatic heterocycles. The molecule has 0 bridgehead atoms. The Labute approximate surface area is 117 Å². The number of halogens is 2. The lowest BCUT2D eigenvalue weighted by Gasteiger charge is -2.24. The highest BCUT2D eigenvalue weighted by molar-refractivity contribution is 6.16. The number of nitrogens with zero attached hydrogens (tertiary/aromatic N) is 3. The van der Waals surface area contributed by atoms with Crippen LogP contribution >= 0.6 is 11.6 Å². The molecule has 0 spiro atoms. The van der Waals surface area contributed by atoms with Crippen LogP contribution in [0, 0.1) is 12.7 Å². The van der Waals surface area contributed by atoms with Crippen molar-refractivity contribution in [1.29, 1.82) is 0 Å². The Morgan fingerprint density at radius 1 is 1.26 bits per heavy atom. The summed E-state index contributed by atoms with van der Waals surface area (Å²) >= 11 is 5.89. The quantitative estimate of drug-likeness (QED) is 0.782. The molecule has 0 fully saturated rings. The maximum Gasteiger partial charge on any atom is 0.167 e. The molecule has 0 saturated heterocycles. The first-order chi connectivity index (χ1) is 8.86. The van der Waals surface area contributed by atoms with Gasteiger partial charge in [-0.15, -0.1) is 21.8 Å². The smallest absolute Gasteiger partial charge is 0.167 e. The van der Waals surface area contributed by atoms with Crippen molar-refractivity contribution in [3.8, 4) is 11.4 Å². The minimum absolute atomic E-state index is 0.248. The van der Waals surface area contributed by atoms with Crippen molar-refractivity contribution < 1.29 is 4.39 Å². The first kappa shape index (κ1) is 14.0. The number of benzene rings is 1. The number of aryl methyl sites for hydroxylation is 1. The largest absolute Gasteiger partial charge is 0.305 e. The molecule has 0 atom stereocenters. The molecule has 0 radical (unpaired) electrons. The number of alkyl halides is 1. The molecule has 0 N–H and O–H groups in total. The second-order valence-electron chi connectivity index (χ2n) is 5.52. The highest BCUT2D eigenvalue weighted by Crippen LogP contribution is 2.29. The Morgan fingerprint density at radius 3 is 2.53 bits per heavy atom. The van der Waals surface area contributed by atoms with Gasteiger partial charge >= 0.3 is 0 Å². The molecule has 2 rings (SSSR count). The zero-order valence-corrected chi connectivity index (χ0v) is 12.3. The summed E-state index contributed by atoms with van der Waals surface area (Å²) in [7, 11) is 0. The van der Waals surface area contributed by atoms with E-state index in [1.807, 2.05) is 31.4 Å².